The van der Waals surface area contributed by atoms with Gasteiger partial charge in [-0.25, -0.2) is 4.79 Å². The number of hydrogen-bond acceptors (Lipinski definition) is 3. The van der Waals surface area contributed by atoms with Crippen molar-refractivity contribution in [3.05, 3.63) is 27.7 Å². The highest BCUT2D eigenvalue weighted by Crippen LogP contribution is 2.30. The molecular weight excluding hydrogens is 279 g/mol. The fourth-order valence-electron chi connectivity index (χ4n) is 1.57. The Kier molecular flexibility index (Phi) is 3.75. The Bertz CT molecular complexity index is 515. The third kappa shape index (κ3) is 2.58. The molecule has 0 bridgehead atoms. The molecule has 1 aliphatic heterocycles. The number of carboxylic acid groups (broad SMARTS) is 1. The van der Waals surface area contributed by atoms with Gasteiger partial charge in [0, 0.05) is 18.1 Å². The minimum atomic E-state index is -1.19. The molecule has 1 amide bonds. The van der Waals surface area contributed by atoms with Crippen LogP contribution >= 0.6 is 23.2 Å². The van der Waals surface area contributed by atoms with Gasteiger partial charge in [-0.05, 0) is 12.1 Å². The summed E-state index contributed by atoms with van der Waals surface area (Å²) in [5.74, 6) is -1.60. The number of carbonyl (C=O) groups is 2. The fraction of sp³-hybridized carbons (Fsp3) is 0.273. The van der Waals surface area contributed by atoms with E-state index >= 15 is 0 Å². The van der Waals surface area contributed by atoms with Crippen molar-refractivity contribution in [2.45, 2.75) is 0 Å². The number of benzene rings is 1. The number of aromatic carboxylic acids is 1. The number of halogens is 2. The molecule has 7 heteroatoms. The number of nitrogens with one attached hydrogen (secondary N) is 2. The van der Waals surface area contributed by atoms with Gasteiger partial charge in [0.15, 0.2) is 0 Å². The van der Waals surface area contributed by atoms with E-state index in [9.17, 15) is 9.59 Å². The van der Waals surface area contributed by atoms with Crippen LogP contribution in [0.3, 0.4) is 0 Å². The molecule has 0 radical (unpaired) electrons. The summed E-state index contributed by atoms with van der Waals surface area (Å²) in [7, 11) is 0. The molecule has 0 saturated carbocycles. The fourth-order valence-corrected chi connectivity index (χ4v) is 2.11. The van der Waals surface area contributed by atoms with Gasteiger partial charge in [0.05, 0.1) is 22.2 Å². The molecule has 0 atom stereocenters. The van der Waals surface area contributed by atoms with E-state index in [4.69, 9.17) is 28.3 Å². The minimum Gasteiger partial charge on any atom is -0.478 e. The normalized spacial score (nSPS) is 15.0. The summed E-state index contributed by atoms with van der Waals surface area (Å²) in [5, 5.41) is 14.9. The Balaban J connectivity index is 2.30. The van der Waals surface area contributed by atoms with Crippen molar-refractivity contribution in [2.24, 2.45) is 5.92 Å². The van der Waals surface area contributed by atoms with E-state index in [1.165, 1.54) is 12.1 Å². The van der Waals surface area contributed by atoms with E-state index in [2.05, 4.69) is 10.6 Å². The van der Waals surface area contributed by atoms with E-state index in [0.29, 0.717) is 13.1 Å². The molecular formula is C11H10Cl2N2O3. The van der Waals surface area contributed by atoms with Crippen LogP contribution in [-0.2, 0) is 4.79 Å². The number of carbonyl (C=O) groups excluding carboxylic acids is 1. The second kappa shape index (κ2) is 5.14. The van der Waals surface area contributed by atoms with Crippen molar-refractivity contribution in [3.63, 3.8) is 0 Å². The lowest BCUT2D eigenvalue weighted by Crippen LogP contribution is -2.48. The van der Waals surface area contributed by atoms with Crippen LogP contribution in [-0.4, -0.2) is 30.1 Å². The Morgan fingerprint density at radius 2 is 2.00 bits per heavy atom. The summed E-state index contributed by atoms with van der Waals surface area (Å²) in [5.41, 5.74) is -0.0291. The number of anilines is 1. The summed E-state index contributed by atoms with van der Waals surface area (Å²) in [6, 6.07) is 2.65. The lowest BCUT2D eigenvalue weighted by Gasteiger charge is -2.26. The highest BCUT2D eigenvalue weighted by molar-refractivity contribution is 6.37. The van der Waals surface area contributed by atoms with E-state index in [1.54, 1.807) is 0 Å². The summed E-state index contributed by atoms with van der Waals surface area (Å²) >= 11 is 11.6. The average molecular weight is 289 g/mol. The van der Waals surface area contributed by atoms with Gasteiger partial charge < -0.3 is 15.7 Å². The van der Waals surface area contributed by atoms with Crippen LogP contribution < -0.4 is 10.6 Å². The Morgan fingerprint density at radius 1 is 1.33 bits per heavy atom. The maximum absolute atomic E-state index is 11.8. The van der Waals surface area contributed by atoms with Crippen molar-refractivity contribution in [1.29, 1.82) is 0 Å². The van der Waals surface area contributed by atoms with E-state index in [1.807, 2.05) is 0 Å². The highest BCUT2D eigenvalue weighted by atomic mass is 35.5. The van der Waals surface area contributed by atoms with Crippen molar-refractivity contribution < 1.29 is 14.7 Å². The zero-order chi connectivity index (χ0) is 13.3. The van der Waals surface area contributed by atoms with Crippen LogP contribution in [0.4, 0.5) is 5.69 Å². The van der Waals surface area contributed by atoms with Crippen LogP contribution in [0.15, 0.2) is 12.1 Å². The number of amides is 1. The first-order valence-corrected chi connectivity index (χ1v) is 5.98. The molecule has 96 valence electrons. The van der Waals surface area contributed by atoms with E-state index in [-0.39, 0.29) is 33.1 Å². The standard InChI is InChI=1S/C11H10Cl2N2O3/c12-6-1-7(11(17)18)9(8(13)2-6)15-10(16)5-3-14-4-5/h1-2,5,14H,3-4H2,(H,15,16)(H,17,18). The van der Waals surface area contributed by atoms with Crippen LogP contribution in [0.25, 0.3) is 0 Å². The summed E-state index contributed by atoms with van der Waals surface area (Å²) in [6.07, 6.45) is 0. The molecule has 2 rings (SSSR count). The average Bonchev–Trinajstić information content (AvgIpc) is 2.18. The molecule has 1 fully saturated rings. The smallest absolute Gasteiger partial charge is 0.337 e. The lowest BCUT2D eigenvalue weighted by molar-refractivity contribution is -0.121. The quantitative estimate of drug-likeness (QED) is 0.793. The van der Waals surface area contributed by atoms with Gasteiger partial charge in [-0.3, -0.25) is 4.79 Å². The summed E-state index contributed by atoms with van der Waals surface area (Å²) < 4.78 is 0. The number of rotatable bonds is 3. The van der Waals surface area contributed by atoms with Crippen LogP contribution in [0.1, 0.15) is 10.4 Å². The Hall–Kier alpha value is -1.30. The van der Waals surface area contributed by atoms with Crippen molar-refractivity contribution >= 4 is 40.8 Å². The minimum absolute atomic E-state index is 0.0884. The van der Waals surface area contributed by atoms with Gasteiger partial charge in [0.2, 0.25) is 5.91 Å². The van der Waals surface area contributed by atoms with Gasteiger partial charge in [-0.15, -0.1) is 0 Å². The molecule has 18 heavy (non-hydrogen) atoms. The first kappa shape index (κ1) is 13.1. The Morgan fingerprint density at radius 3 is 2.50 bits per heavy atom. The monoisotopic (exact) mass is 288 g/mol. The van der Waals surface area contributed by atoms with E-state index in [0.717, 1.165) is 0 Å². The van der Waals surface area contributed by atoms with Gasteiger partial charge in [-0.2, -0.15) is 0 Å². The van der Waals surface area contributed by atoms with Crippen LogP contribution in [0.2, 0.25) is 10.0 Å². The second-order valence-corrected chi connectivity index (χ2v) is 4.80. The topological polar surface area (TPSA) is 78.4 Å². The SMILES string of the molecule is O=C(O)c1cc(Cl)cc(Cl)c1NC(=O)C1CNC1. The van der Waals surface area contributed by atoms with Crippen molar-refractivity contribution in [2.75, 3.05) is 18.4 Å². The maximum atomic E-state index is 11.8. The first-order valence-electron chi connectivity index (χ1n) is 5.23. The Labute approximate surface area is 113 Å². The molecule has 0 aromatic heterocycles. The first-order chi connectivity index (χ1) is 8.49. The predicted octanol–water partition coefficient (Wildman–Crippen LogP) is 1.85. The molecule has 1 aliphatic rings. The third-order valence-corrected chi connectivity index (χ3v) is 3.20. The molecule has 0 unspecified atom stereocenters. The van der Waals surface area contributed by atoms with Gasteiger partial charge in [0.25, 0.3) is 0 Å². The van der Waals surface area contributed by atoms with Gasteiger partial charge >= 0.3 is 5.97 Å². The molecule has 1 saturated heterocycles. The molecule has 3 N–H and O–H groups in total. The molecule has 0 spiro atoms. The number of hydrogen-bond donors (Lipinski definition) is 3. The van der Waals surface area contributed by atoms with E-state index < -0.39 is 5.97 Å². The second-order valence-electron chi connectivity index (χ2n) is 3.96. The third-order valence-electron chi connectivity index (χ3n) is 2.69. The molecule has 5 nitrogen and oxygen atoms in total. The molecule has 0 aliphatic carbocycles. The van der Waals surface area contributed by atoms with Crippen LogP contribution in [0, 0.1) is 5.92 Å². The van der Waals surface area contributed by atoms with Crippen LogP contribution in [0.5, 0.6) is 0 Å². The van der Waals surface area contributed by atoms with Gasteiger partial charge in [0.1, 0.15) is 0 Å². The van der Waals surface area contributed by atoms with Crippen molar-refractivity contribution in [1.82, 2.24) is 5.32 Å². The molecule has 1 heterocycles. The number of carboxylic acids is 1. The zero-order valence-corrected chi connectivity index (χ0v) is 10.7. The maximum Gasteiger partial charge on any atom is 0.337 e. The lowest BCUT2D eigenvalue weighted by atomic mass is 10.0. The highest BCUT2D eigenvalue weighted by Gasteiger charge is 2.27. The predicted molar refractivity (Wildman–Crippen MR) is 68.4 cm³/mol. The summed E-state index contributed by atoms with van der Waals surface area (Å²) in [4.78, 5) is 22.9. The molecule has 1 aromatic rings. The van der Waals surface area contributed by atoms with Gasteiger partial charge in [-0.1, -0.05) is 23.2 Å². The molecule has 1 aromatic carbocycles. The largest absolute Gasteiger partial charge is 0.478 e. The zero-order valence-electron chi connectivity index (χ0n) is 9.17. The van der Waals surface area contributed by atoms with Crippen molar-refractivity contribution in [3.8, 4) is 0 Å². The summed E-state index contributed by atoms with van der Waals surface area (Å²) in [6.45, 7) is 1.17.